The molecule has 1 saturated carbocycles. The second kappa shape index (κ2) is 10.3. The molecule has 188 valence electrons. The first-order valence-corrected chi connectivity index (χ1v) is 13.6. The van der Waals surface area contributed by atoms with Gasteiger partial charge in [0, 0.05) is 5.92 Å². The number of hydrogen-bond acceptors (Lipinski definition) is 9. The van der Waals surface area contributed by atoms with Crippen molar-refractivity contribution in [2.45, 2.75) is 29.6 Å². The monoisotopic (exact) mass is 535 g/mol. The van der Waals surface area contributed by atoms with E-state index in [1.807, 2.05) is 30.3 Å². The Balaban J connectivity index is 1.20. The number of hydrazone groups is 1. The summed E-state index contributed by atoms with van der Waals surface area (Å²) in [5.41, 5.74) is 2.31. The summed E-state index contributed by atoms with van der Waals surface area (Å²) in [6.45, 7) is 0. The molecule has 2 atom stereocenters. The Morgan fingerprint density at radius 3 is 2.84 bits per heavy atom. The summed E-state index contributed by atoms with van der Waals surface area (Å²) in [5.74, 6) is 1.14. The molecule has 1 aliphatic heterocycles. The Morgan fingerprint density at radius 2 is 2.03 bits per heavy atom. The van der Waals surface area contributed by atoms with Gasteiger partial charge in [0.05, 0.1) is 29.7 Å². The molecule has 1 N–H and O–H groups in total. The zero-order valence-corrected chi connectivity index (χ0v) is 21.2. The van der Waals surface area contributed by atoms with Crippen LogP contribution in [0, 0.1) is 11.7 Å². The number of carbonyl (C=O) groups is 1. The average molecular weight is 536 g/mol. The van der Waals surface area contributed by atoms with Crippen molar-refractivity contribution in [1.82, 2.24) is 15.2 Å². The number of aromatic nitrogens is 2. The van der Waals surface area contributed by atoms with Gasteiger partial charge in [-0.15, -0.1) is 10.2 Å². The van der Waals surface area contributed by atoms with Crippen molar-refractivity contribution >= 4 is 51.6 Å². The van der Waals surface area contributed by atoms with Gasteiger partial charge in [-0.1, -0.05) is 35.2 Å². The molecule has 2 unspecified atom stereocenters. The second-order valence-corrected chi connectivity index (χ2v) is 10.8. The lowest BCUT2D eigenvalue weighted by molar-refractivity contribution is -0.131. The summed E-state index contributed by atoms with van der Waals surface area (Å²) in [4.78, 5) is 13.4. The maximum Gasteiger partial charge on any atom is 0.253 e. The molecule has 0 bridgehead atoms. The number of allylic oxidation sites excluding steroid dienone is 1. The highest BCUT2D eigenvalue weighted by atomic mass is 32.2. The van der Waals surface area contributed by atoms with E-state index in [0.717, 1.165) is 36.3 Å². The van der Waals surface area contributed by atoms with Crippen molar-refractivity contribution in [1.29, 1.82) is 0 Å². The minimum atomic E-state index is -0.374. The lowest BCUT2D eigenvalue weighted by atomic mass is 9.79. The van der Waals surface area contributed by atoms with Crippen LogP contribution in [0.3, 0.4) is 0 Å². The van der Waals surface area contributed by atoms with Gasteiger partial charge < -0.3 is 14.2 Å². The van der Waals surface area contributed by atoms with E-state index in [1.54, 1.807) is 35.7 Å². The average Bonchev–Trinajstić information content (AvgIpc) is 3.71. The Morgan fingerprint density at radius 1 is 1.16 bits per heavy atom. The van der Waals surface area contributed by atoms with Gasteiger partial charge in [-0.2, -0.15) is 5.10 Å². The number of hydrogen-bond donors (Lipinski definition) is 1. The predicted molar refractivity (Wildman–Crippen MR) is 140 cm³/mol. The fourth-order valence-corrected chi connectivity index (χ4v) is 6.29. The number of anilines is 2. The lowest BCUT2D eigenvalue weighted by Crippen LogP contribution is -2.32. The number of amides is 1. The first kappa shape index (κ1) is 23.7. The Kier molecular flexibility index (Phi) is 6.62. The number of halogens is 1. The van der Waals surface area contributed by atoms with Crippen molar-refractivity contribution in [3.63, 3.8) is 0 Å². The molecule has 0 radical (unpaired) electrons. The molecule has 2 aliphatic rings. The number of nitrogens with one attached hydrogen (secondary N) is 1. The van der Waals surface area contributed by atoms with E-state index in [4.69, 9.17) is 13.9 Å². The number of benzene rings is 1. The SMILES string of the molecule is O=C(CSc1nnc(Nc2ccccc2F)s1)N1N=C2C(=Cc3ccco3)CCCC2C1c1ccco1. The Bertz CT molecular complexity index is 1450. The zero-order chi connectivity index (χ0) is 25.2. The summed E-state index contributed by atoms with van der Waals surface area (Å²) in [7, 11) is 0. The maximum absolute atomic E-state index is 13.9. The van der Waals surface area contributed by atoms with Crippen LogP contribution < -0.4 is 5.32 Å². The van der Waals surface area contributed by atoms with E-state index in [9.17, 15) is 9.18 Å². The van der Waals surface area contributed by atoms with Crippen molar-refractivity contribution in [3.05, 3.63) is 84.0 Å². The molecule has 11 heteroatoms. The lowest BCUT2D eigenvalue weighted by Gasteiger charge is -2.27. The number of furan rings is 2. The van der Waals surface area contributed by atoms with Crippen molar-refractivity contribution in [2.75, 3.05) is 11.1 Å². The fourth-order valence-electron chi connectivity index (χ4n) is 4.68. The number of rotatable bonds is 7. The molecule has 0 spiro atoms. The topological polar surface area (TPSA) is 96.8 Å². The Hall–Kier alpha value is -3.70. The van der Waals surface area contributed by atoms with E-state index < -0.39 is 0 Å². The molecule has 1 aliphatic carbocycles. The summed E-state index contributed by atoms with van der Waals surface area (Å²) in [6.07, 6.45) is 8.06. The van der Waals surface area contributed by atoms with Crippen molar-refractivity contribution in [3.8, 4) is 0 Å². The second-order valence-electron chi connectivity index (χ2n) is 8.63. The van der Waals surface area contributed by atoms with Gasteiger partial charge in [0.15, 0.2) is 4.34 Å². The van der Waals surface area contributed by atoms with Crippen LogP contribution in [0.2, 0.25) is 0 Å². The number of nitrogens with zero attached hydrogens (tertiary/aromatic N) is 4. The molecule has 37 heavy (non-hydrogen) atoms. The van der Waals surface area contributed by atoms with Crippen LogP contribution in [-0.4, -0.2) is 32.6 Å². The van der Waals surface area contributed by atoms with Gasteiger partial charge >= 0.3 is 0 Å². The summed E-state index contributed by atoms with van der Waals surface area (Å²) in [5, 5.41) is 18.0. The number of thioether (sulfide) groups is 1. The van der Waals surface area contributed by atoms with Gasteiger partial charge in [-0.25, -0.2) is 9.40 Å². The largest absolute Gasteiger partial charge is 0.467 e. The molecule has 0 saturated heterocycles. The number of carbonyl (C=O) groups excluding carboxylic acids is 1. The molecule has 6 rings (SSSR count). The molecular weight excluding hydrogens is 513 g/mol. The summed E-state index contributed by atoms with van der Waals surface area (Å²) >= 11 is 2.54. The normalized spacial score (nSPS) is 20.2. The van der Waals surface area contributed by atoms with Crippen LogP contribution in [0.25, 0.3) is 6.08 Å². The van der Waals surface area contributed by atoms with Crippen LogP contribution in [0.4, 0.5) is 15.2 Å². The van der Waals surface area contributed by atoms with Gasteiger partial charge in [0.2, 0.25) is 5.13 Å². The molecule has 1 fully saturated rings. The zero-order valence-electron chi connectivity index (χ0n) is 19.5. The highest BCUT2D eigenvalue weighted by molar-refractivity contribution is 8.01. The first-order chi connectivity index (χ1) is 18.2. The molecule has 1 aromatic carbocycles. The van der Waals surface area contributed by atoms with E-state index in [-0.39, 0.29) is 29.4 Å². The maximum atomic E-state index is 13.9. The van der Waals surface area contributed by atoms with Crippen molar-refractivity contribution < 1.29 is 18.0 Å². The third kappa shape index (κ3) is 4.96. The minimum absolute atomic E-state index is 0.0492. The standard InChI is InChI=1S/C26H22FN5O3S2/c27-19-9-1-2-10-20(19)28-25-29-30-26(37-25)36-15-22(33)32-24(21-11-5-13-35-21)18-8-3-6-16(23(18)31-32)14-17-7-4-12-34-17/h1-2,4-5,7,9-14,18,24H,3,6,8,15H2,(H,28,29). The molecule has 4 aromatic rings. The number of fused-ring (bicyclic) bond motifs is 1. The van der Waals surface area contributed by atoms with E-state index in [2.05, 4.69) is 15.5 Å². The fraction of sp³-hybridized carbons (Fsp3) is 0.231. The smallest absolute Gasteiger partial charge is 0.253 e. The van der Waals surface area contributed by atoms with Crippen LogP contribution in [-0.2, 0) is 4.79 Å². The quantitative estimate of drug-likeness (QED) is 0.269. The van der Waals surface area contributed by atoms with Gasteiger partial charge in [0.25, 0.3) is 5.91 Å². The van der Waals surface area contributed by atoms with Gasteiger partial charge in [-0.3, -0.25) is 4.79 Å². The molecule has 3 aromatic heterocycles. The third-order valence-electron chi connectivity index (χ3n) is 6.29. The van der Waals surface area contributed by atoms with Crippen LogP contribution >= 0.6 is 23.1 Å². The number of para-hydroxylation sites is 1. The van der Waals surface area contributed by atoms with E-state index in [0.29, 0.717) is 20.9 Å². The summed E-state index contributed by atoms with van der Waals surface area (Å²) in [6, 6.07) is 13.5. The van der Waals surface area contributed by atoms with Crippen LogP contribution in [0.1, 0.15) is 36.8 Å². The van der Waals surface area contributed by atoms with Crippen molar-refractivity contribution in [2.24, 2.45) is 11.0 Å². The van der Waals surface area contributed by atoms with Crippen LogP contribution in [0.15, 0.2) is 84.9 Å². The highest BCUT2D eigenvalue weighted by Gasteiger charge is 2.45. The first-order valence-electron chi connectivity index (χ1n) is 11.8. The molecular formula is C26H22FN5O3S2. The van der Waals surface area contributed by atoms with Gasteiger partial charge in [0.1, 0.15) is 23.4 Å². The third-order valence-corrected chi connectivity index (χ3v) is 8.25. The van der Waals surface area contributed by atoms with E-state index >= 15 is 0 Å². The molecule has 4 heterocycles. The highest BCUT2D eigenvalue weighted by Crippen LogP contribution is 2.45. The van der Waals surface area contributed by atoms with E-state index in [1.165, 1.54) is 29.2 Å². The Labute approximate surface area is 220 Å². The van der Waals surface area contributed by atoms with Crippen LogP contribution in [0.5, 0.6) is 0 Å². The minimum Gasteiger partial charge on any atom is -0.467 e. The molecule has 8 nitrogen and oxygen atoms in total. The van der Waals surface area contributed by atoms with Gasteiger partial charge in [-0.05, 0) is 67.3 Å². The predicted octanol–water partition coefficient (Wildman–Crippen LogP) is 6.52. The molecule has 1 amide bonds. The summed E-state index contributed by atoms with van der Waals surface area (Å²) < 4.78 is 25.8.